The lowest BCUT2D eigenvalue weighted by molar-refractivity contribution is -0.127. The molecular formula is C15H19N5O2. The zero-order valence-corrected chi connectivity index (χ0v) is 12.8. The van der Waals surface area contributed by atoms with Gasteiger partial charge in [0, 0.05) is 69.5 Å². The standard InChI is InChI=1S/C15H19N5O2/c1-10(21)20(2)8-5-14-18-15(22-19-14)11-3-7-17-13-4-6-16-9-12(11)13/h3,7,16H,4-6,8-9H2,1-2H3. The average molecular weight is 301 g/mol. The highest BCUT2D eigenvalue weighted by Gasteiger charge is 2.19. The lowest BCUT2D eigenvalue weighted by Crippen LogP contribution is -2.26. The molecule has 7 nitrogen and oxygen atoms in total. The molecule has 2 aromatic heterocycles. The number of aromatic nitrogens is 3. The zero-order valence-electron chi connectivity index (χ0n) is 12.8. The molecule has 0 bridgehead atoms. The van der Waals surface area contributed by atoms with E-state index in [1.807, 2.05) is 6.07 Å². The van der Waals surface area contributed by atoms with Crippen molar-refractivity contribution < 1.29 is 9.32 Å². The van der Waals surface area contributed by atoms with Gasteiger partial charge in [-0.05, 0) is 6.07 Å². The van der Waals surface area contributed by atoms with Crippen LogP contribution < -0.4 is 5.32 Å². The van der Waals surface area contributed by atoms with Crippen molar-refractivity contribution in [3.8, 4) is 11.5 Å². The van der Waals surface area contributed by atoms with Gasteiger partial charge in [0.15, 0.2) is 5.82 Å². The Morgan fingerprint density at radius 1 is 1.50 bits per heavy atom. The third-order valence-electron chi connectivity index (χ3n) is 3.89. The maximum absolute atomic E-state index is 11.2. The van der Waals surface area contributed by atoms with E-state index in [2.05, 4.69) is 20.4 Å². The first kappa shape index (κ1) is 14.6. The Hall–Kier alpha value is -2.28. The summed E-state index contributed by atoms with van der Waals surface area (Å²) in [6.45, 7) is 3.82. The van der Waals surface area contributed by atoms with Gasteiger partial charge in [-0.15, -0.1) is 0 Å². The quantitative estimate of drug-likeness (QED) is 0.899. The van der Waals surface area contributed by atoms with Crippen molar-refractivity contribution in [2.24, 2.45) is 0 Å². The van der Waals surface area contributed by atoms with Crippen LogP contribution in [0.5, 0.6) is 0 Å². The highest BCUT2D eigenvalue weighted by atomic mass is 16.5. The largest absolute Gasteiger partial charge is 0.346 e. The van der Waals surface area contributed by atoms with Crippen molar-refractivity contribution >= 4 is 5.91 Å². The number of pyridine rings is 1. The molecule has 3 rings (SSSR count). The molecule has 0 radical (unpaired) electrons. The molecule has 3 heterocycles. The number of carbonyl (C=O) groups excluding carboxylic acids is 1. The molecular weight excluding hydrogens is 282 g/mol. The minimum atomic E-state index is 0.0259. The maximum atomic E-state index is 11.2. The molecule has 7 heteroatoms. The highest BCUT2D eigenvalue weighted by molar-refractivity contribution is 5.72. The van der Waals surface area contributed by atoms with Gasteiger partial charge in [-0.3, -0.25) is 9.78 Å². The Balaban J connectivity index is 1.78. The van der Waals surface area contributed by atoms with Gasteiger partial charge in [-0.2, -0.15) is 4.98 Å². The van der Waals surface area contributed by atoms with E-state index in [1.165, 1.54) is 6.92 Å². The van der Waals surface area contributed by atoms with Crippen LogP contribution >= 0.6 is 0 Å². The first-order chi connectivity index (χ1) is 10.6. The molecule has 2 aromatic rings. The topological polar surface area (TPSA) is 84.2 Å². The SMILES string of the molecule is CC(=O)N(C)CCc1noc(-c2ccnc3c2CNCC3)n1. The lowest BCUT2D eigenvalue weighted by atomic mass is 10.0. The van der Waals surface area contributed by atoms with E-state index in [0.29, 0.717) is 24.7 Å². The van der Waals surface area contributed by atoms with Gasteiger partial charge in [0.2, 0.25) is 5.91 Å². The van der Waals surface area contributed by atoms with Crippen LogP contribution in [0.1, 0.15) is 24.0 Å². The number of rotatable bonds is 4. The number of amides is 1. The summed E-state index contributed by atoms with van der Waals surface area (Å²) in [7, 11) is 1.76. The molecule has 1 amide bonds. The Bertz CT molecular complexity index is 682. The fourth-order valence-electron chi connectivity index (χ4n) is 2.46. The number of likely N-dealkylation sites (N-methyl/N-ethyl adjacent to an activating group) is 1. The second kappa shape index (κ2) is 6.23. The summed E-state index contributed by atoms with van der Waals surface area (Å²) < 4.78 is 5.39. The first-order valence-corrected chi connectivity index (χ1v) is 7.37. The number of nitrogens with zero attached hydrogens (tertiary/aromatic N) is 4. The number of hydrogen-bond donors (Lipinski definition) is 1. The lowest BCUT2D eigenvalue weighted by Gasteiger charge is -2.17. The normalized spacial score (nSPS) is 13.7. The summed E-state index contributed by atoms with van der Waals surface area (Å²) in [4.78, 5) is 21.7. The van der Waals surface area contributed by atoms with Gasteiger partial charge in [0.1, 0.15) is 0 Å². The van der Waals surface area contributed by atoms with Crippen molar-refractivity contribution in [1.82, 2.24) is 25.3 Å². The van der Waals surface area contributed by atoms with E-state index in [1.54, 1.807) is 18.1 Å². The second-order valence-corrected chi connectivity index (χ2v) is 5.42. The maximum Gasteiger partial charge on any atom is 0.258 e. The summed E-state index contributed by atoms with van der Waals surface area (Å²) in [6, 6.07) is 1.91. The Morgan fingerprint density at radius 3 is 3.18 bits per heavy atom. The van der Waals surface area contributed by atoms with E-state index in [4.69, 9.17) is 4.52 Å². The molecule has 0 spiro atoms. The van der Waals surface area contributed by atoms with Crippen molar-refractivity contribution in [3.63, 3.8) is 0 Å². The minimum absolute atomic E-state index is 0.0259. The summed E-state index contributed by atoms with van der Waals surface area (Å²) >= 11 is 0. The number of nitrogens with one attached hydrogen (secondary N) is 1. The molecule has 0 aliphatic carbocycles. The molecule has 116 valence electrons. The molecule has 0 unspecified atom stereocenters. The molecule has 22 heavy (non-hydrogen) atoms. The van der Waals surface area contributed by atoms with Crippen LogP contribution in [-0.2, 0) is 24.2 Å². The fourth-order valence-corrected chi connectivity index (χ4v) is 2.46. The number of fused-ring (bicyclic) bond motifs is 1. The molecule has 1 aliphatic heterocycles. The first-order valence-electron chi connectivity index (χ1n) is 7.37. The van der Waals surface area contributed by atoms with E-state index < -0.39 is 0 Å². The van der Waals surface area contributed by atoms with E-state index in [0.717, 1.165) is 36.3 Å². The van der Waals surface area contributed by atoms with Crippen LogP contribution in [0.25, 0.3) is 11.5 Å². The van der Waals surface area contributed by atoms with Crippen molar-refractivity contribution in [1.29, 1.82) is 0 Å². The molecule has 0 aromatic carbocycles. The van der Waals surface area contributed by atoms with Gasteiger partial charge in [-0.1, -0.05) is 5.16 Å². The van der Waals surface area contributed by atoms with Crippen molar-refractivity contribution in [2.45, 2.75) is 26.3 Å². The molecule has 0 atom stereocenters. The molecule has 1 N–H and O–H groups in total. The molecule has 0 saturated heterocycles. The number of carbonyl (C=O) groups is 1. The minimum Gasteiger partial charge on any atom is -0.346 e. The van der Waals surface area contributed by atoms with Crippen LogP contribution in [0.4, 0.5) is 0 Å². The van der Waals surface area contributed by atoms with Crippen LogP contribution in [0.2, 0.25) is 0 Å². The van der Waals surface area contributed by atoms with Crippen LogP contribution in [0, 0.1) is 0 Å². The fraction of sp³-hybridized carbons (Fsp3) is 0.467. The summed E-state index contributed by atoms with van der Waals surface area (Å²) in [5.74, 6) is 1.15. The third-order valence-corrected chi connectivity index (χ3v) is 3.89. The predicted octanol–water partition coefficient (Wildman–Crippen LogP) is 0.798. The zero-order chi connectivity index (χ0) is 15.5. The smallest absolute Gasteiger partial charge is 0.258 e. The van der Waals surface area contributed by atoms with Gasteiger partial charge in [0.25, 0.3) is 5.89 Å². The van der Waals surface area contributed by atoms with E-state index in [9.17, 15) is 4.79 Å². The van der Waals surface area contributed by atoms with Crippen LogP contribution in [0.15, 0.2) is 16.8 Å². The highest BCUT2D eigenvalue weighted by Crippen LogP contribution is 2.25. The van der Waals surface area contributed by atoms with Gasteiger partial charge < -0.3 is 14.7 Å². The Morgan fingerprint density at radius 2 is 2.36 bits per heavy atom. The monoisotopic (exact) mass is 301 g/mol. The summed E-state index contributed by atoms with van der Waals surface area (Å²) in [5, 5.41) is 7.34. The Labute approximate surface area is 128 Å². The van der Waals surface area contributed by atoms with Gasteiger partial charge in [0.05, 0.1) is 0 Å². The number of hydrogen-bond acceptors (Lipinski definition) is 6. The van der Waals surface area contributed by atoms with Gasteiger partial charge in [-0.25, -0.2) is 0 Å². The van der Waals surface area contributed by atoms with E-state index >= 15 is 0 Å². The Kier molecular flexibility index (Phi) is 4.15. The average Bonchev–Trinajstić information content (AvgIpc) is 3.00. The predicted molar refractivity (Wildman–Crippen MR) is 80.0 cm³/mol. The van der Waals surface area contributed by atoms with Crippen LogP contribution in [0.3, 0.4) is 0 Å². The molecule has 1 aliphatic rings. The third kappa shape index (κ3) is 2.99. The summed E-state index contributed by atoms with van der Waals surface area (Å²) in [6.07, 6.45) is 3.27. The van der Waals surface area contributed by atoms with Crippen molar-refractivity contribution in [3.05, 3.63) is 29.3 Å². The summed E-state index contributed by atoms with van der Waals surface area (Å²) in [5.41, 5.74) is 3.16. The van der Waals surface area contributed by atoms with E-state index in [-0.39, 0.29) is 5.91 Å². The van der Waals surface area contributed by atoms with Crippen LogP contribution in [-0.4, -0.2) is 46.1 Å². The molecule has 0 saturated carbocycles. The van der Waals surface area contributed by atoms with Gasteiger partial charge >= 0.3 is 0 Å². The molecule has 0 fully saturated rings. The van der Waals surface area contributed by atoms with Crippen molar-refractivity contribution in [2.75, 3.05) is 20.1 Å². The second-order valence-electron chi connectivity index (χ2n) is 5.42.